The van der Waals surface area contributed by atoms with Gasteiger partial charge in [0.25, 0.3) is 0 Å². The number of sulfone groups is 1. The topological polar surface area (TPSA) is 102 Å². The van der Waals surface area contributed by atoms with Gasteiger partial charge in [0.15, 0.2) is 10.7 Å². The van der Waals surface area contributed by atoms with Crippen LogP contribution in [0.15, 0.2) is 45.4 Å². The molecule has 0 amide bonds. The second kappa shape index (κ2) is 5.25. The number of hydrogen-bond acceptors (Lipinski definition) is 7. The summed E-state index contributed by atoms with van der Waals surface area (Å²) in [5, 5.41) is 6.68. The molecule has 9 heteroatoms. The molecular formula is C11H10N4O3S2. The third-order valence-corrected chi connectivity index (χ3v) is 5.11. The second-order valence-electron chi connectivity index (χ2n) is 3.91. The Bertz CT molecular complexity index is 778. The van der Waals surface area contributed by atoms with E-state index < -0.39 is 9.84 Å². The molecule has 2 aromatic heterocycles. The number of rotatable bonds is 5. The summed E-state index contributed by atoms with van der Waals surface area (Å²) in [5.74, 6) is 0.265. The molecule has 3 aromatic rings. The highest BCUT2D eigenvalue weighted by molar-refractivity contribution is 8.00. The van der Waals surface area contributed by atoms with E-state index >= 15 is 0 Å². The molecular weight excluding hydrogens is 300 g/mol. The monoisotopic (exact) mass is 310 g/mol. The zero-order valence-electron chi connectivity index (χ0n) is 10.2. The van der Waals surface area contributed by atoms with Crippen LogP contribution in [0.2, 0.25) is 0 Å². The van der Waals surface area contributed by atoms with Crippen molar-refractivity contribution >= 4 is 32.7 Å². The Balaban J connectivity index is 1.74. The van der Waals surface area contributed by atoms with Crippen LogP contribution in [-0.4, -0.2) is 40.1 Å². The van der Waals surface area contributed by atoms with E-state index in [4.69, 9.17) is 4.42 Å². The Morgan fingerprint density at radius 2 is 2.15 bits per heavy atom. The molecule has 0 saturated carbocycles. The molecule has 0 atom stereocenters. The zero-order chi connectivity index (χ0) is 14.0. The van der Waals surface area contributed by atoms with Crippen LogP contribution in [0, 0.1) is 0 Å². The number of para-hydroxylation sites is 2. The summed E-state index contributed by atoms with van der Waals surface area (Å²) in [7, 11) is -3.54. The number of benzene rings is 1. The number of oxazole rings is 1. The molecule has 104 valence electrons. The molecule has 0 bridgehead atoms. The van der Waals surface area contributed by atoms with Crippen LogP contribution in [0.4, 0.5) is 0 Å². The minimum Gasteiger partial charge on any atom is -0.428 e. The minimum absolute atomic E-state index is 0.0782. The third-order valence-electron chi connectivity index (χ3n) is 2.52. The van der Waals surface area contributed by atoms with Crippen LogP contribution < -0.4 is 0 Å². The number of fused-ring (bicyclic) bond motifs is 1. The lowest BCUT2D eigenvalue weighted by Gasteiger charge is -1.98. The van der Waals surface area contributed by atoms with E-state index in [-0.39, 0.29) is 11.0 Å². The van der Waals surface area contributed by atoms with E-state index in [0.29, 0.717) is 22.0 Å². The van der Waals surface area contributed by atoms with E-state index in [1.165, 1.54) is 18.1 Å². The van der Waals surface area contributed by atoms with Crippen molar-refractivity contribution in [3.63, 3.8) is 0 Å². The van der Waals surface area contributed by atoms with Crippen LogP contribution in [0.1, 0.15) is 0 Å². The molecule has 0 unspecified atom stereocenters. The second-order valence-corrected chi connectivity index (χ2v) is 6.98. The van der Waals surface area contributed by atoms with Gasteiger partial charge in [-0.15, -0.1) is 0 Å². The lowest BCUT2D eigenvalue weighted by Crippen LogP contribution is -2.09. The van der Waals surface area contributed by atoms with Crippen molar-refractivity contribution in [3.8, 4) is 0 Å². The first-order valence-corrected chi connectivity index (χ1v) is 8.35. The van der Waals surface area contributed by atoms with Crippen molar-refractivity contribution in [3.05, 3.63) is 30.6 Å². The Morgan fingerprint density at radius 1 is 1.30 bits per heavy atom. The number of thioether (sulfide) groups is 1. The van der Waals surface area contributed by atoms with Gasteiger partial charge in [-0.05, 0) is 12.1 Å². The number of hydrogen-bond donors (Lipinski definition) is 1. The Labute approximate surface area is 118 Å². The summed E-state index contributed by atoms with van der Waals surface area (Å²) in [6, 6.07) is 6.94. The average Bonchev–Trinajstić information content (AvgIpc) is 3.07. The van der Waals surface area contributed by atoms with Crippen LogP contribution in [0.5, 0.6) is 0 Å². The maximum Gasteiger partial charge on any atom is 0.316 e. The van der Waals surface area contributed by atoms with Crippen molar-refractivity contribution in [2.45, 2.75) is 10.4 Å². The molecule has 3 rings (SSSR count). The average molecular weight is 310 g/mol. The summed E-state index contributed by atoms with van der Waals surface area (Å²) >= 11 is 1.28. The molecule has 2 heterocycles. The Morgan fingerprint density at radius 3 is 2.90 bits per heavy atom. The van der Waals surface area contributed by atoms with Gasteiger partial charge in [0.05, 0.1) is 5.75 Å². The van der Waals surface area contributed by atoms with Gasteiger partial charge in [-0.3, -0.25) is 5.10 Å². The molecule has 0 fully saturated rings. The van der Waals surface area contributed by atoms with Crippen molar-refractivity contribution in [1.29, 1.82) is 0 Å². The van der Waals surface area contributed by atoms with Gasteiger partial charge in [-0.2, -0.15) is 10.1 Å². The Hall–Kier alpha value is -1.87. The van der Waals surface area contributed by atoms with Crippen molar-refractivity contribution in [2.75, 3.05) is 11.5 Å². The van der Waals surface area contributed by atoms with Crippen LogP contribution in [0.25, 0.3) is 11.1 Å². The summed E-state index contributed by atoms with van der Waals surface area (Å²) < 4.78 is 29.5. The van der Waals surface area contributed by atoms with Gasteiger partial charge in [0.2, 0.25) is 9.84 Å². The predicted octanol–water partition coefficient (Wildman–Crippen LogP) is 1.51. The maximum atomic E-state index is 12.1. The van der Waals surface area contributed by atoms with Crippen LogP contribution in [0.3, 0.4) is 0 Å². The summed E-state index contributed by atoms with van der Waals surface area (Å²) in [6.45, 7) is 0. The molecule has 0 spiro atoms. The number of aromatic nitrogens is 4. The van der Waals surface area contributed by atoms with Gasteiger partial charge in [0.1, 0.15) is 11.8 Å². The highest BCUT2D eigenvalue weighted by atomic mass is 32.2. The number of aromatic amines is 1. The number of nitrogens with one attached hydrogen (secondary N) is 1. The molecule has 0 aliphatic carbocycles. The summed E-state index contributed by atoms with van der Waals surface area (Å²) in [5.41, 5.74) is 1.00. The smallest absolute Gasteiger partial charge is 0.316 e. The number of H-pyrrole nitrogens is 1. The van der Waals surface area contributed by atoms with E-state index in [9.17, 15) is 8.42 Å². The van der Waals surface area contributed by atoms with Crippen molar-refractivity contribution in [1.82, 2.24) is 20.2 Å². The van der Waals surface area contributed by atoms with Crippen molar-refractivity contribution in [2.24, 2.45) is 0 Å². The normalized spacial score (nSPS) is 12.0. The third kappa shape index (κ3) is 2.68. The lowest BCUT2D eigenvalue weighted by molar-refractivity contribution is 0.459. The first-order valence-electron chi connectivity index (χ1n) is 5.72. The SMILES string of the molecule is O=S(=O)(CCSc1ncn[nH]1)c1nc2ccccc2o1. The lowest BCUT2D eigenvalue weighted by atomic mass is 10.3. The molecule has 1 aromatic carbocycles. The van der Waals surface area contributed by atoms with E-state index in [1.54, 1.807) is 24.3 Å². The molecule has 0 aliphatic rings. The summed E-state index contributed by atoms with van der Waals surface area (Å²) in [6.07, 6.45) is 1.37. The fraction of sp³-hybridized carbons (Fsp3) is 0.182. The van der Waals surface area contributed by atoms with Gasteiger partial charge in [-0.25, -0.2) is 13.4 Å². The van der Waals surface area contributed by atoms with Gasteiger partial charge in [0, 0.05) is 5.75 Å². The highest BCUT2D eigenvalue weighted by Crippen LogP contribution is 2.20. The maximum absolute atomic E-state index is 12.1. The highest BCUT2D eigenvalue weighted by Gasteiger charge is 2.21. The first-order chi connectivity index (χ1) is 9.65. The molecule has 0 radical (unpaired) electrons. The number of nitrogens with zero attached hydrogens (tertiary/aromatic N) is 3. The fourth-order valence-electron chi connectivity index (χ4n) is 1.58. The van der Waals surface area contributed by atoms with Crippen LogP contribution in [-0.2, 0) is 9.84 Å². The summed E-state index contributed by atoms with van der Waals surface area (Å²) in [4.78, 5) is 7.91. The molecule has 0 saturated heterocycles. The van der Waals surface area contributed by atoms with Crippen LogP contribution >= 0.6 is 11.8 Å². The molecule has 0 aliphatic heterocycles. The van der Waals surface area contributed by atoms with E-state index in [0.717, 1.165) is 0 Å². The zero-order valence-corrected chi connectivity index (χ0v) is 11.8. The van der Waals surface area contributed by atoms with Gasteiger partial charge < -0.3 is 4.42 Å². The van der Waals surface area contributed by atoms with E-state index in [2.05, 4.69) is 20.2 Å². The quantitative estimate of drug-likeness (QED) is 0.713. The standard InChI is InChI=1S/C11H10N4O3S2/c16-20(17,6-5-19-10-12-7-13-15-10)11-14-8-3-1-2-4-9(8)18-11/h1-4,7H,5-6H2,(H,12,13,15). The predicted molar refractivity (Wildman–Crippen MR) is 73.2 cm³/mol. The van der Waals surface area contributed by atoms with Gasteiger partial charge >= 0.3 is 5.22 Å². The molecule has 7 nitrogen and oxygen atoms in total. The Kier molecular flexibility index (Phi) is 3.45. The van der Waals surface area contributed by atoms with E-state index in [1.807, 2.05) is 0 Å². The molecule has 20 heavy (non-hydrogen) atoms. The van der Waals surface area contributed by atoms with Gasteiger partial charge in [-0.1, -0.05) is 23.9 Å². The first kappa shape index (κ1) is 13.1. The van der Waals surface area contributed by atoms with Crippen molar-refractivity contribution < 1.29 is 12.8 Å². The molecule has 1 N–H and O–H groups in total. The minimum atomic E-state index is -3.54. The largest absolute Gasteiger partial charge is 0.428 e. The fourth-order valence-corrected chi connectivity index (χ4v) is 3.86.